The van der Waals surface area contributed by atoms with E-state index in [0.717, 1.165) is 38.5 Å². The molecule has 3 N–H and O–H groups in total. The Kier molecular flexibility index (Phi) is 16.8. The van der Waals surface area contributed by atoms with Gasteiger partial charge in [-0.2, -0.15) is 0 Å². The maximum absolute atomic E-state index is 13.3. The molecular formula is C40H52N4O5. The molecule has 2 aliphatic heterocycles. The maximum Gasteiger partial charge on any atom is 0.255 e. The largest absolute Gasteiger partial charge is 0.344 e. The minimum Gasteiger partial charge on any atom is -0.344 e. The van der Waals surface area contributed by atoms with E-state index in [4.69, 9.17) is 0 Å². The monoisotopic (exact) mass is 668 g/mol. The van der Waals surface area contributed by atoms with Crippen LogP contribution in [0.1, 0.15) is 101 Å². The Morgan fingerprint density at radius 1 is 0.857 bits per heavy atom. The van der Waals surface area contributed by atoms with E-state index in [1.807, 2.05) is 26.0 Å². The summed E-state index contributed by atoms with van der Waals surface area (Å²) in [5.41, 5.74) is 1.48. The van der Waals surface area contributed by atoms with Gasteiger partial charge in [-0.25, -0.2) is 0 Å². The lowest BCUT2D eigenvalue weighted by atomic mass is 10.0. The average molecular weight is 669 g/mol. The Morgan fingerprint density at radius 3 is 1.98 bits per heavy atom. The van der Waals surface area contributed by atoms with Gasteiger partial charge in [-0.05, 0) is 69.4 Å². The molecule has 2 aliphatic rings. The number of carbonyl (C=O) groups excluding carboxylic acids is 5. The van der Waals surface area contributed by atoms with E-state index in [9.17, 15) is 24.0 Å². The van der Waals surface area contributed by atoms with E-state index < -0.39 is 18.0 Å². The van der Waals surface area contributed by atoms with Crippen molar-refractivity contribution >= 4 is 35.2 Å². The van der Waals surface area contributed by atoms with Crippen LogP contribution < -0.4 is 16.0 Å². The summed E-state index contributed by atoms with van der Waals surface area (Å²) in [6, 6.07) is 3.53. The number of piperidine rings is 1. The van der Waals surface area contributed by atoms with Gasteiger partial charge in [-0.15, -0.1) is 0 Å². The zero-order chi connectivity index (χ0) is 35.4. The molecule has 0 aromatic heterocycles. The summed E-state index contributed by atoms with van der Waals surface area (Å²) in [5.74, 6) is -1.92. The normalized spacial score (nSPS) is 17.5. The molecule has 1 aromatic rings. The third kappa shape index (κ3) is 13.0. The van der Waals surface area contributed by atoms with Crippen molar-refractivity contribution in [3.63, 3.8) is 0 Å². The number of rotatable bonds is 19. The van der Waals surface area contributed by atoms with Crippen LogP contribution in [0.3, 0.4) is 0 Å². The van der Waals surface area contributed by atoms with Crippen molar-refractivity contribution in [3.05, 3.63) is 102 Å². The Morgan fingerprint density at radius 2 is 1.43 bits per heavy atom. The third-order valence-electron chi connectivity index (χ3n) is 8.24. The van der Waals surface area contributed by atoms with E-state index in [2.05, 4.69) is 83.6 Å². The number of benzene rings is 1. The molecule has 1 fully saturated rings. The minimum absolute atomic E-state index is 0.140. The molecule has 0 spiro atoms. The number of nitrogens with one attached hydrogen (secondary N) is 3. The minimum atomic E-state index is -0.767. The summed E-state index contributed by atoms with van der Waals surface area (Å²) >= 11 is 0. The summed E-state index contributed by atoms with van der Waals surface area (Å²) in [6.07, 6.45) is 32.6. The molecule has 49 heavy (non-hydrogen) atoms. The smallest absolute Gasteiger partial charge is 0.255 e. The highest BCUT2D eigenvalue weighted by Gasteiger charge is 2.40. The van der Waals surface area contributed by atoms with Gasteiger partial charge in [0, 0.05) is 36.2 Å². The van der Waals surface area contributed by atoms with Gasteiger partial charge in [0.1, 0.15) is 12.1 Å². The topological polar surface area (TPSA) is 125 Å². The number of nitrogens with zero attached hydrogens (tertiary/aromatic N) is 1. The summed E-state index contributed by atoms with van der Waals surface area (Å²) in [4.78, 5) is 64.6. The molecule has 0 radical (unpaired) electrons. The summed E-state index contributed by atoms with van der Waals surface area (Å²) < 4.78 is 0. The van der Waals surface area contributed by atoms with E-state index in [0.29, 0.717) is 23.2 Å². The number of carbonyl (C=O) groups is 5. The molecule has 0 bridgehead atoms. The molecule has 9 heteroatoms. The molecular weight excluding hydrogens is 616 g/mol. The molecule has 3 rings (SSSR count). The fraction of sp³-hybridized carbons (Fsp3) is 0.425. The number of imide groups is 1. The van der Waals surface area contributed by atoms with Crippen LogP contribution in [-0.4, -0.2) is 46.5 Å². The molecule has 1 unspecified atom stereocenters. The number of fused-ring (bicyclic) bond motifs is 1. The number of anilines is 1. The van der Waals surface area contributed by atoms with Crippen LogP contribution >= 0.6 is 0 Å². The first-order chi connectivity index (χ1) is 23.7. The van der Waals surface area contributed by atoms with Gasteiger partial charge < -0.3 is 15.5 Å². The second kappa shape index (κ2) is 21.2. The van der Waals surface area contributed by atoms with Gasteiger partial charge in [-0.1, -0.05) is 99.7 Å². The van der Waals surface area contributed by atoms with Crippen LogP contribution in [0.2, 0.25) is 0 Å². The lowest BCUT2D eigenvalue weighted by molar-refractivity contribution is -0.137. The number of hydrogen-bond acceptors (Lipinski definition) is 5. The van der Waals surface area contributed by atoms with Crippen LogP contribution in [0.15, 0.2) is 91.1 Å². The Bertz CT molecular complexity index is 1480. The first-order valence-corrected chi connectivity index (χ1v) is 17.5. The highest BCUT2D eigenvalue weighted by atomic mass is 16.2. The Hall–Kier alpha value is -4.79. The van der Waals surface area contributed by atoms with Crippen LogP contribution in [-0.2, 0) is 25.7 Å². The first kappa shape index (κ1) is 38.7. The van der Waals surface area contributed by atoms with Crippen molar-refractivity contribution in [1.29, 1.82) is 0 Å². The zero-order valence-corrected chi connectivity index (χ0v) is 29.2. The van der Waals surface area contributed by atoms with Gasteiger partial charge >= 0.3 is 0 Å². The predicted octanol–water partition coefficient (Wildman–Crippen LogP) is 7.00. The van der Waals surface area contributed by atoms with Crippen LogP contribution in [0.25, 0.3) is 0 Å². The van der Waals surface area contributed by atoms with Gasteiger partial charge in [0.2, 0.25) is 23.6 Å². The quantitative estimate of drug-likeness (QED) is 0.108. The van der Waals surface area contributed by atoms with Crippen molar-refractivity contribution in [1.82, 2.24) is 15.5 Å². The second-order valence-corrected chi connectivity index (χ2v) is 12.5. The number of allylic oxidation sites excluding steroid dienone is 12. The highest BCUT2D eigenvalue weighted by Crippen LogP contribution is 2.32. The van der Waals surface area contributed by atoms with Crippen molar-refractivity contribution in [2.24, 2.45) is 5.92 Å². The lowest BCUT2D eigenvalue weighted by Crippen LogP contribution is -2.52. The summed E-state index contributed by atoms with van der Waals surface area (Å²) in [5, 5.41) is 8.06. The van der Waals surface area contributed by atoms with Gasteiger partial charge in [-0.3, -0.25) is 29.3 Å². The van der Waals surface area contributed by atoms with Crippen molar-refractivity contribution < 1.29 is 24.0 Å². The molecule has 2 heterocycles. The van der Waals surface area contributed by atoms with E-state index in [1.165, 1.54) is 4.90 Å². The summed E-state index contributed by atoms with van der Waals surface area (Å²) in [7, 11) is 0. The second-order valence-electron chi connectivity index (χ2n) is 12.5. The van der Waals surface area contributed by atoms with Crippen molar-refractivity contribution in [3.8, 4) is 0 Å². The van der Waals surface area contributed by atoms with Gasteiger partial charge in [0.15, 0.2) is 0 Å². The maximum atomic E-state index is 13.3. The van der Waals surface area contributed by atoms with E-state index in [1.54, 1.807) is 18.2 Å². The SMILES string of the molecule is CC/C=C\C/C=C\C/C=C\C/C=C\C/C=C\C/C=C\CCC(=O)N[C@H](C(=O)Nc1cccc2c1CN(C1CCC(=O)NC1=O)C2=O)C(C)C. The predicted molar refractivity (Wildman–Crippen MR) is 195 cm³/mol. The average Bonchev–Trinajstić information content (AvgIpc) is 3.41. The molecule has 0 saturated carbocycles. The van der Waals surface area contributed by atoms with E-state index in [-0.39, 0.29) is 55.4 Å². The fourth-order valence-corrected chi connectivity index (χ4v) is 5.55. The van der Waals surface area contributed by atoms with Crippen molar-refractivity contribution in [2.45, 2.75) is 104 Å². The lowest BCUT2D eigenvalue weighted by Gasteiger charge is -2.29. The van der Waals surface area contributed by atoms with Crippen molar-refractivity contribution in [2.75, 3.05) is 5.32 Å². The van der Waals surface area contributed by atoms with Crippen LogP contribution in [0.5, 0.6) is 0 Å². The molecule has 2 atom stereocenters. The highest BCUT2D eigenvalue weighted by molar-refractivity contribution is 6.07. The standard InChI is InChI=1S/C40H52N4O5/c1-4-5-6-7-8-9-10-11-12-13-14-15-16-17-18-19-20-21-22-26-35(45)42-37(30(2)3)39(48)41-33-25-23-24-31-32(33)29-44(40(31)49)34-27-28-36(46)43-38(34)47/h5-6,8-9,11-12,14-15,17-18,20-21,23-25,30,34,37H,4,7,10,13,16,19,22,26-29H2,1-3H3,(H,41,48)(H,42,45)(H,43,46,47)/b6-5-,9-8-,12-11-,15-14-,18-17-,21-20-/t34?,37-/m0/s1. The number of amides is 5. The van der Waals surface area contributed by atoms with Gasteiger partial charge in [0.25, 0.3) is 5.91 Å². The fourth-order valence-electron chi connectivity index (χ4n) is 5.55. The van der Waals surface area contributed by atoms with Gasteiger partial charge in [0.05, 0.1) is 0 Å². The first-order valence-electron chi connectivity index (χ1n) is 17.5. The zero-order valence-electron chi connectivity index (χ0n) is 29.2. The molecule has 5 amide bonds. The summed E-state index contributed by atoms with van der Waals surface area (Å²) in [6.45, 7) is 6.00. The molecule has 262 valence electrons. The molecule has 1 aromatic carbocycles. The molecule has 9 nitrogen and oxygen atoms in total. The molecule has 1 saturated heterocycles. The van der Waals surface area contributed by atoms with Crippen LogP contribution in [0, 0.1) is 5.92 Å². The third-order valence-corrected chi connectivity index (χ3v) is 8.24. The van der Waals surface area contributed by atoms with Crippen LogP contribution in [0.4, 0.5) is 5.69 Å². The van der Waals surface area contributed by atoms with E-state index >= 15 is 0 Å². The number of hydrogen-bond donors (Lipinski definition) is 3. The molecule has 0 aliphatic carbocycles. The Labute approximate surface area is 291 Å². The Balaban J connectivity index is 1.37.